The second-order valence-electron chi connectivity index (χ2n) is 4.23. The fourth-order valence-corrected chi connectivity index (χ4v) is 2.39. The SMILES string of the molecule is Cc1cccc(CN=C(N)NCCc2cccs2)n1.I. The molecule has 0 fully saturated rings. The van der Waals surface area contributed by atoms with Gasteiger partial charge in [0.05, 0.1) is 12.2 Å². The van der Waals surface area contributed by atoms with Crippen LogP contribution in [0, 0.1) is 6.92 Å². The zero-order valence-corrected chi connectivity index (χ0v) is 14.5. The molecule has 3 N–H and O–H groups in total. The molecule has 108 valence electrons. The van der Waals surface area contributed by atoms with Crippen LogP contribution in [0.25, 0.3) is 0 Å². The second kappa shape index (κ2) is 8.91. The quantitative estimate of drug-likeness (QED) is 0.459. The maximum Gasteiger partial charge on any atom is 0.188 e. The Balaban J connectivity index is 0.00000200. The zero-order valence-electron chi connectivity index (χ0n) is 11.4. The van der Waals surface area contributed by atoms with Crippen LogP contribution >= 0.6 is 35.3 Å². The first-order valence-corrected chi connectivity index (χ1v) is 7.11. The fraction of sp³-hybridized carbons (Fsp3) is 0.286. The summed E-state index contributed by atoms with van der Waals surface area (Å²) >= 11 is 1.76. The maximum atomic E-state index is 5.81. The number of nitrogens with two attached hydrogens (primary N) is 1. The van der Waals surface area contributed by atoms with Crippen LogP contribution in [0.3, 0.4) is 0 Å². The number of thiophene rings is 1. The van der Waals surface area contributed by atoms with Gasteiger partial charge in [-0.05, 0) is 36.9 Å². The van der Waals surface area contributed by atoms with Gasteiger partial charge in [0.25, 0.3) is 0 Å². The van der Waals surface area contributed by atoms with Gasteiger partial charge in [-0.2, -0.15) is 0 Å². The predicted molar refractivity (Wildman–Crippen MR) is 95.7 cm³/mol. The van der Waals surface area contributed by atoms with Crippen LogP contribution in [0.5, 0.6) is 0 Å². The lowest BCUT2D eigenvalue weighted by molar-refractivity contribution is 0.852. The molecule has 2 aromatic heterocycles. The van der Waals surface area contributed by atoms with Crippen molar-refractivity contribution in [1.82, 2.24) is 10.3 Å². The molecule has 20 heavy (non-hydrogen) atoms. The molecule has 2 heterocycles. The van der Waals surface area contributed by atoms with E-state index in [0.717, 1.165) is 24.4 Å². The lowest BCUT2D eigenvalue weighted by Gasteiger charge is -2.04. The molecular formula is C14H19IN4S. The van der Waals surface area contributed by atoms with Crippen LogP contribution in [0.4, 0.5) is 0 Å². The Morgan fingerprint density at radius 3 is 2.90 bits per heavy atom. The molecule has 0 aliphatic rings. The third kappa shape index (κ3) is 5.87. The minimum Gasteiger partial charge on any atom is -0.370 e. The van der Waals surface area contributed by atoms with E-state index in [1.54, 1.807) is 11.3 Å². The minimum absolute atomic E-state index is 0. The standard InChI is InChI=1S/C14H18N4S.HI/c1-11-4-2-5-12(18-11)10-17-14(15)16-8-7-13-6-3-9-19-13;/h2-6,9H,7-8,10H2,1H3,(H3,15,16,17);1H. The molecule has 6 heteroatoms. The predicted octanol–water partition coefficient (Wildman–Crippen LogP) is 2.72. The fourth-order valence-electron chi connectivity index (χ4n) is 1.68. The van der Waals surface area contributed by atoms with Gasteiger partial charge in [-0.15, -0.1) is 35.3 Å². The highest BCUT2D eigenvalue weighted by molar-refractivity contribution is 14.0. The van der Waals surface area contributed by atoms with Gasteiger partial charge in [-0.3, -0.25) is 4.98 Å². The van der Waals surface area contributed by atoms with E-state index in [-0.39, 0.29) is 24.0 Å². The number of guanidine groups is 1. The lowest BCUT2D eigenvalue weighted by Crippen LogP contribution is -2.33. The largest absolute Gasteiger partial charge is 0.370 e. The third-order valence-electron chi connectivity index (χ3n) is 2.62. The molecule has 0 saturated heterocycles. The highest BCUT2D eigenvalue weighted by atomic mass is 127. The molecule has 0 aliphatic carbocycles. The van der Waals surface area contributed by atoms with Crippen molar-refractivity contribution < 1.29 is 0 Å². The van der Waals surface area contributed by atoms with E-state index >= 15 is 0 Å². The first kappa shape index (κ1) is 16.9. The van der Waals surface area contributed by atoms with Crippen molar-refractivity contribution in [2.45, 2.75) is 19.9 Å². The van der Waals surface area contributed by atoms with Gasteiger partial charge >= 0.3 is 0 Å². The van der Waals surface area contributed by atoms with Crippen molar-refractivity contribution in [3.63, 3.8) is 0 Å². The van der Waals surface area contributed by atoms with Gasteiger partial charge in [0.1, 0.15) is 0 Å². The first-order chi connectivity index (χ1) is 9.24. The molecule has 0 radical (unpaired) electrons. The molecule has 0 bridgehead atoms. The van der Waals surface area contributed by atoms with E-state index in [1.165, 1.54) is 4.88 Å². The molecule has 0 saturated carbocycles. The van der Waals surface area contributed by atoms with E-state index < -0.39 is 0 Å². The van der Waals surface area contributed by atoms with E-state index in [9.17, 15) is 0 Å². The van der Waals surface area contributed by atoms with Crippen molar-refractivity contribution in [2.24, 2.45) is 10.7 Å². The number of halogens is 1. The number of nitrogens with one attached hydrogen (secondary N) is 1. The smallest absolute Gasteiger partial charge is 0.188 e. The number of rotatable bonds is 5. The number of aromatic nitrogens is 1. The van der Waals surface area contributed by atoms with Gasteiger partial charge in [0, 0.05) is 17.1 Å². The average Bonchev–Trinajstić information content (AvgIpc) is 2.90. The zero-order chi connectivity index (χ0) is 13.5. The Bertz CT molecular complexity index is 540. The number of hydrogen-bond acceptors (Lipinski definition) is 3. The van der Waals surface area contributed by atoms with Crippen LogP contribution in [0.15, 0.2) is 40.7 Å². The summed E-state index contributed by atoms with van der Waals surface area (Å²) in [6, 6.07) is 10.1. The Morgan fingerprint density at radius 2 is 2.20 bits per heavy atom. The van der Waals surface area contributed by atoms with Crippen molar-refractivity contribution in [3.05, 3.63) is 52.0 Å². The Hall–Kier alpha value is -1.15. The van der Waals surface area contributed by atoms with Crippen LogP contribution < -0.4 is 11.1 Å². The van der Waals surface area contributed by atoms with Crippen LogP contribution in [0.1, 0.15) is 16.3 Å². The van der Waals surface area contributed by atoms with Gasteiger partial charge in [-0.1, -0.05) is 12.1 Å². The Kier molecular flexibility index (Phi) is 7.53. The third-order valence-corrected chi connectivity index (χ3v) is 3.55. The molecule has 2 rings (SSSR count). The van der Waals surface area contributed by atoms with Gasteiger partial charge in [-0.25, -0.2) is 4.99 Å². The molecule has 0 amide bonds. The van der Waals surface area contributed by atoms with E-state index in [2.05, 4.69) is 32.8 Å². The minimum atomic E-state index is 0. The van der Waals surface area contributed by atoms with E-state index in [1.807, 2.05) is 25.1 Å². The number of nitrogens with zero attached hydrogens (tertiary/aromatic N) is 2. The summed E-state index contributed by atoms with van der Waals surface area (Å²) in [5, 5.41) is 5.19. The van der Waals surface area contributed by atoms with Gasteiger partial charge in [0.2, 0.25) is 0 Å². The summed E-state index contributed by atoms with van der Waals surface area (Å²) in [7, 11) is 0. The lowest BCUT2D eigenvalue weighted by atomic mass is 10.3. The number of pyridine rings is 1. The molecule has 0 unspecified atom stereocenters. The molecule has 0 aliphatic heterocycles. The van der Waals surface area contributed by atoms with Crippen molar-refractivity contribution in [3.8, 4) is 0 Å². The van der Waals surface area contributed by atoms with Crippen LogP contribution in [-0.2, 0) is 13.0 Å². The van der Waals surface area contributed by atoms with Crippen molar-refractivity contribution in [2.75, 3.05) is 6.54 Å². The molecule has 0 atom stereocenters. The molecule has 4 nitrogen and oxygen atoms in total. The summed E-state index contributed by atoms with van der Waals surface area (Å²) < 4.78 is 0. The van der Waals surface area contributed by atoms with E-state index in [0.29, 0.717) is 12.5 Å². The number of aryl methyl sites for hydroxylation is 1. The Morgan fingerprint density at radius 1 is 1.35 bits per heavy atom. The number of aliphatic imine (C=N–C) groups is 1. The van der Waals surface area contributed by atoms with Crippen molar-refractivity contribution >= 4 is 41.3 Å². The van der Waals surface area contributed by atoms with Gasteiger partial charge < -0.3 is 11.1 Å². The normalized spacial score (nSPS) is 10.9. The Labute approximate surface area is 140 Å². The molecule has 0 aromatic carbocycles. The summed E-state index contributed by atoms with van der Waals surface area (Å²) in [6.45, 7) is 3.28. The monoisotopic (exact) mass is 402 g/mol. The first-order valence-electron chi connectivity index (χ1n) is 6.23. The summed E-state index contributed by atoms with van der Waals surface area (Å²) in [4.78, 5) is 10.0. The topological polar surface area (TPSA) is 63.3 Å². The highest BCUT2D eigenvalue weighted by Gasteiger charge is 1.96. The van der Waals surface area contributed by atoms with Crippen LogP contribution in [0.2, 0.25) is 0 Å². The summed E-state index contributed by atoms with van der Waals surface area (Å²) in [5.74, 6) is 0.472. The molecule has 0 spiro atoms. The average molecular weight is 402 g/mol. The molecular weight excluding hydrogens is 383 g/mol. The van der Waals surface area contributed by atoms with Crippen LogP contribution in [-0.4, -0.2) is 17.5 Å². The maximum absolute atomic E-state index is 5.81. The van der Waals surface area contributed by atoms with Crippen molar-refractivity contribution in [1.29, 1.82) is 0 Å². The summed E-state index contributed by atoms with van der Waals surface area (Å²) in [5.41, 5.74) is 7.74. The van der Waals surface area contributed by atoms with E-state index in [4.69, 9.17) is 5.73 Å². The molecule has 2 aromatic rings. The van der Waals surface area contributed by atoms with Gasteiger partial charge in [0.15, 0.2) is 5.96 Å². The number of hydrogen-bond donors (Lipinski definition) is 2. The highest BCUT2D eigenvalue weighted by Crippen LogP contribution is 2.07. The second-order valence-corrected chi connectivity index (χ2v) is 5.26. The summed E-state index contributed by atoms with van der Waals surface area (Å²) in [6.07, 6.45) is 0.969.